The fraction of sp³-hybridized carbons (Fsp3) is 0.385. The predicted octanol–water partition coefficient (Wildman–Crippen LogP) is 0.124. The van der Waals surface area contributed by atoms with Crippen molar-refractivity contribution in [1.29, 1.82) is 0 Å². The Morgan fingerprint density at radius 2 is 1.82 bits per heavy atom. The largest absolute Gasteiger partial charge is 0.452 e. The van der Waals surface area contributed by atoms with Gasteiger partial charge in [-0.2, -0.15) is 4.72 Å². The Kier molecular flexibility index (Phi) is 6.01. The predicted molar refractivity (Wildman–Crippen MR) is 75.8 cm³/mol. The minimum absolute atomic E-state index is 0.181. The van der Waals surface area contributed by atoms with Crippen LogP contribution in [-0.4, -0.2) is 51.9 Å². The normalized spacial score (nSPS) is 12.5. The zero-order valence-corrected chi connectivity index (χ0v) is 13.2. The quantitative estimate of drug-likeness (QED) is 0.747. The van der Waals surface area contributed by atoms with E-state index in [9.17, 15) is 22.4 Å². The zero-order chi connectivity index (χ0) is 16.9. The maximum Gasteiger partial charge on any atom is 0.321 e. The van der Waals surface area contributed by atoms with Gasteiger partial charge >= 0.3 is 5.97 Å². The molecule has 0 saturated heterocycles. The number of amides is 1. The summed E-state index contributed by atoms with van der Waals surface area (Å²) in [5, 5.41) is 0. The molecule has 0 bridgehead atoms. The highest BCUT2D eigenvalue weighted by Crippen LogP contribution is 2.09. The first-order valence-electron chi connectivity index (χ1n) is 6.29. The first-order chi connectivity index (χ1) is 10.1. The zero-order valence-electron chi connectivity index (χ0n) is 12.4. The van der Waals surface area contributed by atoms with Gasteiger partial charge in [0.1, 0.15) is 12.4 Å². The number of nitrogens with zero attached hydrogens (tertiary/aromatic N) is 1. The van der Waals surface area contributed by atoms with Gasteiger partial charge in [-0.25, -0.2) is 12.8 Å². The second-order valence-corrected chi connectivity index (χ2v) is 6.41. The monoisotopic (exact) mass is 332 g/mol. The highest BCUT2D eigenvalue weighted by atomic mass is 32.2. The number of carbonyl (C=O) groups is 2. The molecule has 0 heterocycles. The molecule has 22 heavy (non-hydrogen) atoms. The number of halogens is 1. The van der Waals surface area contributed by atoms with Crippen molar-refractivity contribution < 1.29 is 27.1 Å². The third kappa shape index (κ3) is 5.08. The average molecular weight is 332 g/mol. The molecule has 0 saturated carbocycles. The number of carbonyl (C=O) groups excluding carboxylic acids is 2. The van der Waals surface area contributed by atoms with Crippen LogP contribution in [0.2, 0.25) is 0 Å². The smallest absolute Gasteiger partial charge is 0.321 e. The molecule has 122 valence electrons. The van der Waals surface area contributed by atoms with Crippen molar-refractivity contribution in [2.45, 2.75) is 17.9 Å². The number of rotatable bonds is 6. The minimum atomic E-state index is -3.96. The van der Waals surface area contributed by atoms with Crippen molar-refractivity contribution >= 4 is 21.9 Å². The van der Waals surface area contributed by atoms with Gasteiger partial charge < -0.3 is 9.64 Å². The summed E-state index contributed by atoms with van der Waals surface area (Å²) in [6.45, 7) is 0.749. The first kappa shape index (κ1) is 18.1. The summed E-state index contributed by atoms with van der Waals surface area (Å²) in [5.74, 6) is -1.89. The lowest BCUT2D eigenvalue weighted by Gasteiger charge is -2.17. The fourth-order valence-corrected chi connectivity index (χ4v) is 2.47. The Labute approximate surface area is 128 Å². The van der Waals surface area contributed by atoms with E-state index < -0.39 is 40.4 Å². The molecule has 9 heteroatoms. The molecule has 1 atom stereocenters. The highest BCUT2D eigenvalue weighted by Gasteiger charge is 2.21. The van der Waals surface area contributed by atoms with Crippen molar-refractivity contribution in [1.82, 2.24) is 9.62 Å². The van der Waals surface area contributed by atoms with E-state index in [-0.39, 0.29) is 4.90 Å². The van der Waals surface area contributed by atoms with Crippen LogP contribution in [0.3, 0.4) is 0 Å². The number of esters is 1. The van der Waals surface area contributed by atoms with E-state index in [1.165, 1.54) is 25.9 Å². The molecule has 1 N–H and O–H groups in total. The van der Waals surface area contributed by atoms with Crippen molar-refractivity contribution in [3.05, 3.63) is 30.1 Å². The van der Waals surface area contributed by atoms with E-state index in [2.05, 4.69) is 0 Å². The Morgan fingerprint density at radius 1 is 1.27 bits per heavy atom. The molecule has 1 aromatic rings. The summed E-state index contributed by atoms with van der Waals surface area (Å²) < 4.78 is 43.3. The molecule has 0 fully saturated rings. The van der Waals surface area contributed by atoms with Crippen LogP contribution in [0.15, 0.2) is 29.2 Å². The van der Waals surface area contributed by atoms with Gasteiger partial charge in [-0.1, -0.05) is 0 Å². The molecule has 0 spiro atoms. The van der Waals surface area contributed by atoms with Crippen molar-refractivity contribution in [2.24, 2.45) is 0 Å². The van der Waals surface area contributed by atoms with Crippen molar-refractivity contribution in [3.63, 3.8) is 0 Å². The average Bonchev–Trinajstić information content (AvgIpc) is 2.44. The van der Waals surface area contributed by atoms with Gasteiger partial charge in [0.25, 0.3) is 5.91 Å². The van der Waals surface area contributed by atoms with Gasteiger partial charge in [0, 0.05) is 14.1 Å². The Bertz CT molecular complexity index is 643. The molecular formula is C13H17FN2O5S. The molecule has 0 unspecified atom stereocenters. The molecule has 1 rings (SSSR count). The second kappa shape index (κ2) is 7.32. The van der Waals surface area contributed by atoms with E-state index in [0.29, 0.717) is 0 Å². The molecule has 7 nitrogen and oxygen atoms in total. The number of ether oxygens (including phenoxy) is 1. The number of sulfonamides is 1. The van der Waals surface area contributed by atoms with Crippen LogP contribution in [0.1, 0.15) is 6.92 Å². The fourth-order valence-electron chi connectivity index (χ4n) is 1.50. The number of benzene rings is 1. The first-order valence-corrected chi connectivity index (χ1v) is 7.77. The lowest BCUT2D eigenvalue weighted by atomic mass is 10.3. The lowest BCUT2D eigenvalue weighted by Crippen LogP contribution is -2.38. The standard InChI is InChI=1S/C13H17FN2O5S/c1-9(13(18)16(2)3)21-12(17)8-15-22(19,20)11-6-4-10(14)5-7-11/h4-7,9,15H,8H2,1-3H3/t9-/m0/s1. The van der Waals surface area contributed by atoms with Gasteiger partial charge in [-0.15, -0.1) is 0 Å². The number of hydrogen-bond acceptors (Lipinski definition) is 5. The molecule has 0 aliphatic carbocycles. The van der Waals surface area contributed by atoms with Gasteiger partial charge in [0.15, 0.2) is 6.10 Å². The van der Waals surface area contributed by atoms with E-state index >= 15 is 0 Å². The van der Waals surface area contributed by atoms with Crippen LogP contribution in [-0.2, 0) is 24.3 Å². The summed E-state index contributed by atoms with van der Waals surface area (Å²) in [6.07, 6.45) is -1.02. The van der Waals surface area contributed by atoms with E-state index in [0.717, 1.165) is 24.3 Å². The molecule has 1 aromatic carbocycles. The molecule has 0 aromatic heterocycles. The number of likely N-dealkylation sites (N-methyl/N-ethyl adjacent to an activating group) is 1. The van der Waals surface area contributed by atoms with Gasteiger partial charge in [0.2, 0.25) is 10.0 Å². The molecular weight excluding hydrogens is 315 g/mol. The molecule has 1 amide bonds. The van der Waals surface area contributed by atoms with Crippen LogP contribution in [0.25, 0.3) is 0 Å². The Hall–Kier alpha value is -2.00. The number of nitrogens with one attached hydrogen (secondary N) is 1. The van der Waals surface area contributed by atoms with Crippen LogP contribution in [0.4, 0.5) is 4.39 Å². The van der Waals surface area contributed by atoms with E-state index in [1.807, 2.05) is 4.72 Å². The van der Waals surface area contributed by atoms with Gasteiger partial charge in [-0.05, 0) is 31.2 Å². The highest BCUT2D eigenvalue weighted by molar-refractivity contribution is 7.89. The maximum absolute atomic E-state index is 12.7. The minimum Gasteiger partial charge on any atom is -0.452 e. The van der Waals surface area contributed by atoms with Crippen LogP contribution < -0.4 is 4.72 Å². The van der Waals surface area contributed by atoms with Crippen molar-refractivity contribution in [2.75, 3.05) is 20.6 Å². The second-order valence-electron chi connectivity index (χ2n) is 4.64. The van der Waals surface area contributed by atoms with Gasteiger partial charge in [0.05, 0.1) is 4.90 Å². The summed E-state index contributed by atoms with van der Waals surface area (Å²) in [7, 11) is -0.950. The topological polar surface area (TPSA) is 92.8 Å². The lowest BCUT2D eigenvalue weighted by molar-refractivity contribution is -0.156. The summed E-state index contributed by atoms with van der Waals surface area (Å²) in [5.41, 5.74) is 0. The third-order valence-electron chi connectivity index (χ3n) is 2.63. The summed E-state index contributed by atoms with van der Waals surface area (Å²) >= 11 is 0. The number of hydrogen-bond donors (Lipinski definition) is 1. The summed E-state index contributed by atoms with van der Waals surface area (Å²) in [4.78, 5) is 24.1. The molecule has 0 aliphatic rings. The SMILES string of the molecule is C[C@H](OC(=O)CNS(=O)(=O)c1ccc(F)cc1)C(=O)N(C)C. The van der Waals surface area contributed by atoms with E-state index in [4.69, 9.17) is 4.74 Å². The van der Waals surface area contributed by atoms with Crippen molar-refractivity contribution in [3.8, 4) is 0 Å². The van der Waals surface area contributed by atoms with Crippen LogP contribution in [0, 0.1) is 5.82 Å². The summed E-state index contributed by atoms with van der Waals surface area (Å²) in [6, 6.07) is 4.12. The van der Waals surface area contributed by atoms with Gasteiger partial charge in [-0.3, -0.25) is 9.59 Å². The molecule has 0 radical (unpaired) electrons. The van der Waals surface area contributed by atoms with Crippen LogP contribution >= 0.6 is 0 Å². The maximum atomic E-state index is 12.7. The van der Waals surface area contributed by atoms with Crippen LogP contribution in [0.5, 0.6) is 0 Å². The Morgan fingerprint density at radius 3 is 2.32 bits per heavy atom. The third-order valence-corrected chi connectivity index (χ3v) is 4.04. The van der Waals surface area contributed by atoms with E-state index in [1.54, 1.807) is 0 Å². The molecule has 0 aliphatic heterocycles. The Balaban J connectivity index is 2.60.